The second-order valence-corrected chi connectivity index (χ2v) is 10.7. The molecule has 0 fully saturated rings. The van der Waals surface area contributed by atoms with Gasteiger partial charge in [-0.15, -0.1) is 0 Å². The molecule has 0 aliphatic rings. The molecule has 0 amide bonds. The lowest BCUT2D eigenvalue weighted by Crippen LogP contribution is -2.34. The van der Waals surface area contributed by atoms with Crippen molar-refractivity contribution < 1.29 is 69.7 Å². The summed E-state index contributed by atoms with van der Waals surface area (Å²) < 4.78 is 109. The zero-order chi connectivity index (χ0) is 38.1. The standard InChI is InChI=1S/C33H54F4N4O11/c1-3-9-43-15-21-49-24-18-46-12-6-41(8-14-48-20-26-51-23-17-45-11-5-39-40-38)7-13-47-19-25-50-22-16-44-10-4-28(42)52-33-30(35)27(2)29(34)31(36)32(33)37/h3-26H2,1-2H3. The van der Waals surface area contributed by atoms with Gasteiger partial charge in [-0.3, -0.25) is 9.69 Å². The number of halogens is 4. The Morgan fingerprint density at radius 3 is 1.42 bits per heavy atom. The fourth-order valence-corrected chi connectivity index (χ4v) is 3.97. The maximum Gasteiger partial charge on any atom is 0.313 e. The van der Waals surface area contributed by atoms with Crippen LogP contribution in [0.15, 0.2) is 5.11 Å². The maximum absolute atomic E-state index is 14.0. The Bertz CT molecular complexity index is 1100. The molecule has 1 aromatic rings. The summed E-state index contributed by atoms with van der Waals surface area (Å²) in [6.45, 7) is 12.3. The number of benzene rings is 1. The van der Waals surface area contributed by atoms with Gasteiger partial charge in [0.2, 0.25) is 11.6 Å². The van der Waals surface area contributed by atoms with Crippen molar-refractivity contribution in [2.75, 3.05) is 145 Å². The molecule has 0 spiro atoms. The minimum absolute atomic E-state index is 0.128. The van der Waals surface area contributed by atoms with Crippen LogP contribution in [0.25, 0.3) is 10.4 Å². The van der Waals surface area contributed by atoms with Crippen molar-refractivity contribution in [2.24, 2.45) is 5.11 Å². The number of nitrogens with zero attached hydrogens (tertiary/aromatic N) is 4. The van der Waals surface area contributed by atoms with Gasteiger partial charge in [-0.1, -0.05) is 12.0 Å². The summed E-state index contributed by atoms with van der Waals surface area (Å²) in [5.41, 5.74) is 7.42. The van der Waals surface area contributed by atoms with E-state index < -0.39 is 40.6 Å². The van der Waals surface area contributed by atoms with Crippen LogP contribution in [0.5, 0.6) is 5.75 Å². The molecule has 0 atom stereocenters. The third-order valence-electron chi connectivity index (χ3n) is 6.74. The SMILES string of the molecule is CCCOCCOCCOCCN(CCOCCOCCOCCN=[N+]=[N-])CCOCCOCCOCCC(=O)Oc1c(F)c(C)c(F)c(F)c1F. The Hall–Kier alpha value is -2.68. The van der Waals surface area contributed by atoms with E-state index >= 15 is 0 Å². The van der Waals surface area contributed by atoms with Crippen molar-refractivity contribution in [1.29, 1.82) is 0 Å². The molecule has 1 aromatic carbocycles. The zero-order valence-corrected chi connectivity index (χ0v) is 30.3. The lowest BCUT2D eigenvalue weighted by Gasteiger charge is -2.22. The molecule has 0 radical (unpaired) electrons. The van der Waals surface area contributed by atoms with Crippen LogP contribution in [0.2, 0.25) is 0 Å². The number of hydrogen-bond acceptors (Lipinski definition) is 13. The van der Waals surface area contributed by atoms with Gasteiger partial charge < -0.3 is 47.4 Å². The van der Waals surface area contributed by atoms with E-state index in [1.807, 2.05) is 0 Å². The first-order valence-electron chi connectivity index (χ1n) is 17.3. The van der Waals surface area contributed by atoms with Gasteiger partial charge in [0.25, 0.3) is 0 Å². The van der Waals surface area contributed by atoms with Gasteiger partial charge in [0.15, 0.2) is 17.5 Å². The predicted molar refractivity (Wildman–Crippen MR) is 179 cm³/mol. The van der Waals surface area contributed by atoms with Gasteiger partial charge in [-0.25, -0.2) is 13.2 Å². The van der Waals surface area contributed by atoms with E-state index in [4.69, 9.17) is 48.2 Å². The molecule has 1 rings (SSSR count). The molecule has 0 unspecified atom stereocenters. The van der Waals surface area contributed by atoms with Crippen LogP contribution >= 0.6 is 0 Å². The van der Waals surface area contributed by atoms with E-state index in [0.29, 0.717) is 112 Å². The average Bonchev–Trinajstić information content (AvgIpc) is 3.14. The van der Waals surface area contributed by atoms with E-state index in [2.05, 4.69) is 26.6 Å². The first-order chi connectivity index (χ1) is 25.3. The number of carbonyl (C=O) groups is 1. The molecule has 0 aliphatic heterocycles. The number of esters is 1. The molecule has 0 aliphatic carbocycles. The molecule has 0 saturated carbocycles. The Morgan fingerprint density at radius 1 is 0.577 bits per heavy atom. The summed E-state index contributed by atoms with van der Waals surface area (Å²) >= 11 is 0. The summed E-state index contributed by atoms with van der Waals surface area (Å²) in [6.07, 6.45) is 0.598. The van der Waals surface area contributed by atoms with Crippen LogP contribution in [0.3, 0.4) is 0 Å². The van der Waals surface area contributed by atoms with Crippen molar-refractivity contribution in [3.05, 3.63) is 39.3 Å². The fraction of sp³-hybridized carbons (Fsp3) is 0.788. The Balaban J connectivity index is 2.18. The minimum Gasteiger partial charge on any atom is -0.420 e. The van der Waals surface area contributed by atoms with Gasteiger partial charge in [-0.2, -0.15) is 4.39 Å². The molecule has 0 N–H and O–H groups in total. The molecule has 0 bridgehead atoms. The van der Waals surface area contributed by atoms with Gasteiger partial charge in [0.05, 0.1) is 119 Å². The summed E-state index contributed by atoms with van der Waals surface area (Å²) in [4.78, 5) is 16.7. The normalized spacial score (nSPS) is 11.4. The smallest absolute Gasteiger partial charge is 0.313 e. The summed E-state index contributed by atoms with van der Waals surface area (Å²) in [5, 5.41) is 3.38. The highest BCUT2D eigenvalue weighted by molar-refractivity contribution is 5.72. The van der Waals surface area contributed by atoms with Crippen molar-refractivity contribution >= 4 is 5.97 Å². The van der Waals surface area contributed by atoms with Crippen LogP contribution in [0.1, 0.15) is 25.3 Å². The van der Waals surface area contributed by atoms with Gasteiger partial charge in [0.1, 0.15) is 0 Å². The lowest BCUT2D eigenvalue weighted by atomic mass is 10.2. The molecule has 0 heterocycles. The van der Waals surface area contributed by atoms with Crippen molar-refractivity contribution in [3.63, 3.8) is 0 Å². The van der Waals surface area contributed by atoms with Crippen molar-refractivity contribution in [1.82, 2.24) is 4.90 Å². The highest BCUT2D eigenvalue weighted by Crippen LogP contribution is 2.29. The summed E-state index contributed by atoms with van der Waals surface area (Å²) in [6, 6.07) is 0. The van der Waals surface area contributed by atoms with Crippen molar-refractivity contribution in [2.45, 2.75) is 26.7 Å². The van der Waals surface area contributed by atoms with Crippen LogP contribution in [-0.2, 0) is 47.4 Å². The second kappa shape index (κ2) is 32.9. The van der Waals surface area contributed by atoms with E-state index in [1.54, 1.807) is 0 Å². The largest absolute Gasteiger partial charge is 0.420 e. The first kappa shape index (κ1) is 47.3. The second-order valence-electron chi connectivity index (χ2n) is 10.7. The van der Waals surface area contributed by atoms with E-state index in [1.165, 1.54) is 0 Å². The fourth-order valence-electron chi connectivity index (χ4n) is 3.97. The first-order valence-corrected chi connectivity index (χ1v) is 17.3. The van der Waals surface area contributed by atoms with Gasteiger partial charge in [0, 0.05) is 43.3 Å². The monoisotopic (exact) mass is 758 g/mol. The van der Waals surface area contributed by atoms with Crippen LogP contribution in [0, 0.1) is 30.2 Å². The van der Waals surface area contributed by atoms with Gasteiger partial charge in [-0.05, 0) is 18.9 Å². The zero-order valence-electron chi connectivity index (χ0n) is 30.3. The highest BCUT2D eigenvalue weighted by atomic mass is 19.2. The van der Waals surface area contributed by atoms with Gasteiger partial charge >= 0.3 is 5.97 Å². The van der Waals surface area contributed by atoms with Crippen LogP contribution in [0.4, 0.5) is 17.6 Å². The summed E-state index contributed by atoms with van der Waals surface area (Å²) in [5.74, 6) is -9.38. The molecule has 19 heteroatoms. The van der Waals surface area contributed by atoms with Crippen LogP contribution < -0.4 is 4.74 Å². The van der Waals surface area contributed by atoms with E-state index in [9.17, 15) is 22.4 Å². The van der Waals surface area contributed by atoms with Crippen LogP contribution in [-0.4, -0.2) is 156 Å². The molecule has 52 heavy (non-hydrogen) atoms. The number of rotatable bonds is 36. The molecule has 15 nitrogen and oxygen atoms in total. The molecule has 300 valence electrons. The predicted octanol–water partition coefficient (Wildman–Crippen LogP) is 4.02. The molecule has 0 aromatic heterocycles. The third-order valence-corrected chi connectivity index (χ3v) is 6.74. The quantitative estimate of drug-likeness (QED) is 0.0112. The molecular weight excluding hydrogens is 704 g/mol. The average molecular weight is 759 g/mol. The minimum atomic E-state index is -1.92. The number of azide groups is 1. The summed E-state index contributed by atoms with van der Waals surface area (Å²) in [7, 11) is 0. The van der Waals surface area contributed by atoms with E-state index in [-0.39, 0.29) is 32.8 Å². The lowest BCUT2D eigenvalue weighted by molar-refractivity contribution is -0.136. The highest BCUT2D eigenvalue weighted by Gasteiger charge is 2.26. The third kappa shape index (κ3) is 23.8. The Labute approximate surface area is 302 Å². The van der Waals surface area contributed by atoms with E-state index in [0.717, 1.165) is 20.0 Å². The Kier molecular flexibility index (Phi) is 30.0. The molecular formula is C33H54F4N4O11. The number of hydrogen-bond donors (Lipinski definition) is 0. The Morgan fingerprint density at radius 2 is 0.981 bits per heavy atom. The molecule has 0 saturated heterocycles. The topological polar surface area (TPSA) is 161 Å². The van der Waals surface area contributed by atoms with Crippen molar-refractivity contribution in [3.8, 4) is 5.75 Å². The number of ether oxygens (including phenoxy) is 10. The number of carbonyl (C=O) groups excluding carboxylic acids is 1. The maximum atomic E-state index is 14.0.